The summed E-state index contributed by atoms with van der Waals surface area (Å²) in [7, 11) is 1.62. The molecule has 0 aliphatic heterocycles. The van der Waals surface area contributed by atoms with Gasteiger partial charge in [-0.2, -0.15) is 5.90 Å². The molecule has 23 heavy (non-hydrogen) atoms. The van der Waals surface area contributed by atoms with Crippen LogP contribution >= 0.6 is 46.9 Å². The number of rotatable bonds is 6. The molecule has 0 unspecified atom stereocenters. The molecule has 0 heterocycles. The number of thiocarbonyl (C=S) groups is 1. The lowest BCUT2D eigenvalue weighted by molar-refractivity contribution is -0.195. The van der Waals surface area contributed by atoms with Crippen molar-refractivity contribution in [3.8, 4) is 5.75 Å². The van der Waals surface area contributed by atoms with Gasteiger partial charge in [0, 0.05) is 14.2 Å². The van der Waals surface area contributed by atoms with Gasteiger partial charge in [0.05, 0.1) is 24.8 Å². The van der Waals surface area contributed by atoms with Gasteiger partial charge in [0.15, 0.2) is 5.11 Å². The van der Waals surface area contributed by atoms with Gasteiger partial charge in [0.25, 0.3) is 0 Å². The van der Waals surface area contributed by atoms with Crippen LogP contribution in [0.3, 0.4) is 0 Å². The summed E-state index contributed by atoms with van der Waals surface area (Å²) in [5.74, 6) is 5.51. The van der Waals surface area contributed by atoms with E-state index in [9.17, 15) is 0 Å². The highest BCUT2D eigenvalue weighted by atomic mass is 127. The fourth-order valence-electron chi connectivity index (χ4n) is 1.72. The molecule has 6 nitrogen and oxygen atoms in total. The highest BCUT2D eigenvalue weighted by Crippen LogP contribution is 2.26. The number of hydrogen-bond acceptors (Lipinski definition) is 6. The molecule has 4 N–H and O–H groups in total. The average Bonchev–Trinajstić information content (AvgIpc) is 2.54. The maximum absolute atomic E-state index is 5.33. The predicted molar refractivity (Wildman–Crippen MR) is 104 cm³/mol. The van der Waals surface area contributed by atoms with Gasteiger partial charge in [-0.3, -0.25) is 0 Å². The number of halogens is 1. The first-order valence-electron chi connectivity index (χ1n) is 6.34. The molecule has 0 bridgehead atoms. The van der Waals surface area contributed by atoms with Gasteiger partial charge in [0.1, 0.15) is 5.75 Å². The van der Waals surface area contributed by atoms with E-state index in [1.165, 1.54) is 0 Å². The fourth-order valence-corrected chi connectivity index (χ4v) is 2.80. The normalized spacial score (nSPS) is 10.2. The quantitative estimate of drug-likeness (QED) is 0.196. The SMILES string of the molecule is COc1ccc(I)cc1NC(=S)Nc1ccc(SOON)cc1. The van der Waals surface area contributed by atoms with E-state index < -0.39 is 0 Å². The third-order valence-electron chi connectivity index (χ3n) is 2.69. The summed E-state index contributed by atoms with van der Waals surface area (Å²) in [4.78, 5) is 4.89. The van der Waals surface area contributed by atoms with Crippen molar-refractivity contribution < 1.29 is 14.1 Å². The zero-order valence-corrected chi connectivity index (χ0v) is 15.8. The molecule has 122 valence electrons. The van der Waals surface area contributed by atoms with Crippen molar-refractivity contribution in [3.05, 3.63) is 46.0 Å². The summed E-state index contributed by atoms with van der Waals surface area (Å²) < 4.78 is 11.0. The van der Waals surface area contributed by atoms with Gasteiger partial charge in [-0.25, -0.2) is 0 Å². The van der Waals surface area contributed by atoms with Crippen LogP contribution in [0.4, 0.5) is 11.4 Å². The van der Waals surface area contributed by atoms with E-state index >= 15 is 0 Å². The molecule has 2 aromatic carbocycles. The molecule has 0 aromatic heterocycles. The maximum Gasteiger partial charge on any atom is 0.175 e. The largest absolute Gasteiger partial charge is 0.495 e. The first-order chi connectivity index (χ1) is 11.1. The summed E-state index contributed by atoms with van der Waals surface area (Å²) >= 11 is 8.57. The molecule has 9 heteroatoms. The monoisotopic (exact) mass is 463 g/mol. The number of hydrogen-bond donors (Lipinski definition) is 3. The van der Waals surface area contributed by atoms with E-state index in [1.54, 1.807) is 7.11 Å². The lowest BCUT2D eigenvalue weighted by Gasteiger charge is -2.14. The minimum atomic E-state index is 0.465. The summed E-state index contributed by atoms with van der Waals surface area (Å²) in [6.07, 6.45) is 0. The van der Waals surface area contributed by atoms with Gasteiger partial charge >= 0.3 is 0 Å². The van der Waals surface area contributed by atoms with Gasteiger partial charge in [-0.05, 0) is 77.3 Å². The second kappa shape index (κ2) is 9.25. The Kier molecular flexibility index (Phi) is 7.33. The second-order valence-electron chi connectivity index (χ2n) is 4.20. The Morgan fingerprint density at radius 3 is 2.57 bits per heavy atom. The van der Waals surface area contributed by atoms with Gasteiger partial charge in [-0.15, -0.1) is 9.32 Å². The van der Waals surface area contributed by atoms with E-state index in [-0.39, 0.29) is 0 Å². The van der Waals surface area contributed by atoms with Crippen molar-refractivity contribution in [2.45, 2.75) is 4.90 Å². The van der Waals surface area contributed by atoms with E-state index in [0.29, 0.717) is 5.11 Å². The Hall–Kier alpha value is -1.11. The van der Waals surface area contributed by atoms with E-state index in [2.05, 4.69) is 42.5 Å². The van der Waals surface area contributed by atoms with Crippen molar-refractivity contribution in [3.63, 3.8) is 0 Å². The maximum atomic E-state index is 5.33. The smallest absolute Gasteiger partial charge is 0.175 e. The van der Waals surface area contributed by atoms with Crippen LogP contribution in [0.2, 0.25) is 0 Å². The minimum Gasteiger partial charge on any atom is -0.495 e. The van der Waals surface area contributed by atoms with Gasteiger partial charge in [0.2, 0.25) is 0 Å². The van der Waals surface area contributed by atoms with Crippen LogP contribution in [0.5, 0.6) is 5.75 Å². The molecule has 0 amide bonds. The van der Waals surface area contributed by atoms with Crippen molar-refractivity contribution in [1.29, 1.82) is 0 Å². The Morgan fingerprint density at radius 2 is 1.91 bits per heavy atom. The summed E-state index contributed by atoms with van der Waals surface area (Å²) in [6, 6.07) is 13.2. The third kappa shape index (κ3) is 5.79. The van der Waals surface area contributed by atoms with Gasteiger partial charge in [-0.1, -0.05) is 0 Å². The van der Waals surface area contributed by atoms with Crippen molar-refractivity contribution in [2.24, 2.45) is 5.90 Å². The third-order valence-corrected chi connectivity index (χ3v) is 4.18. The van der Waals surface area contributed by atoms with E-state index in [0.717, 1.165) is 37.6 Å². The molecular formula is C14H14IN3O3S2. The average molecular weight is 463 g/mol. The van der Waals surface area contributed by atoms with Crippen LogP contribution in [0.25, 0.3) is 0 Å². The van der Waals surface area contributed by atoms with Crippen molar-refractivity contribution >= 4 is 63.3 Å². The number of methoxy groups -OCH3 is 1. The van der Waals surface area contributed by atoms with Crippen LogP contribution in [0, 0.1) is 3.57 Å². The zero-order chi connectivity index (χ0) is 16.7. The number of ether oxygens (including phenoxy) is 1. The minimum absolute atomic E-state index is 0.465. The molecule has 0 saturated heterocycles. The van der Waals surface area contributed by atoms with Crippen molar-refractivity contribution in [2.75, 3.05) is 17.7 Å². The molecule has 0 atom stereocenters. The van der Waals surface area contributed by atoms with Gasteiger partial charge < -0.3 is 15.4 Å². The highest BCUT2D eigenvalue weighted by Gasteiger charge is 2.06. The number of anilines is 2. The first-order valence-corrected chi connectivity index (χ1v) is 8.57. The standard InChI is InChI=1S/C14H14IN3O3S2/c1-19-13-7-2-9(15)8-12(13)18-14(22)17-10-3-5-11(6-4-10)23-21-20-16/h2-8H,16H2,1H3,(H2,17,18,22). The molecule has 0 spiro atoms. The van der Waals surface area contributed by atoms with Crippen LogP contribution in [0.1, 0.15) is 0 Å². The van der Waals surface area contributed by atoms with E-state index in [4.69, 9.17) is 22.9 Å². The molecule has 0 fully saturated rings. The lowest BCUT2D eigenvalue weighted by atomic mass is 10.3. The molecule has 0 aliphatic carbocycles. The number of nitrogens with two attached hydrogens (primary N) is 1. The Bertz CT molecular complexity index is 671. The van der Waals surface area contributed by atoms with E-state index in [1.807, 2.05) is 42.5 Å². The first kappa shape index (κ1) is 18.2. The fraction of sp³-hybridized carbons (Fsp3) is 0.0714. The van der Waals surface area contributed by atoms with Crippen molar-refractivity contribution in [1.82, 2.24) is 0 Å². The summed E-state index contributed by atoms with van der Waals surface area (Å²) in [5.41, 5.74) is 1.64. The van der Waals surface area contributed by atoms with Crippen LogP contribution in [-0.4, -0.2) is 12.2 Å². The molecule has 0 saturated carbocycles. The molecule has 0 radical (unpaired) electrons. The Balaban J connectivity index is 1.98. The zero-order valence-electron chi connectivity index (χ0n) is 12.0. The second-order valence-corrected chi connectivity index (χ2v) is 6.62. The molecular weight excluding hydrogens is 449 g/mol. The topological polar surface area (TPSA) is 77.8 Å². The number of nitrogens with one attached hydrogen (secondary N) is 2. The molecule has 0 aliphatic rings. The predicted octanol–water partition coefficient (Wildman–Crippen LogP) is 3.94. The van der Waals surface area contributed by atoms with Crippen LogP contribution in [-0.2, 0) is 9.32 Å². The van der Waals surface area contributed by atoms with Crippen LogP contribution in [0.15, 0.2) is 47.4 Å². The highest BCUT2D eigenvalue weighted by molar-refractivity contribution is 14.1. The summed E-state index contributed by atoms with van der Waals surface area (Å²) in [6.45, 7) is 0. The molecule has 2 aromatic rings. The summed E-state index contributed by atoms with van der Waals surface area (Å²) in [5, 5.41) is 6.69. The molecule has 2 rings (SSSR count). The Labute approximate surface area is 157 Å². The Morgan fingerprint density at radius 1 is 1.17 bits per heavy atom. The van der Waals surface area contributed by atoms with Crippen LogP contribution < -0.4 is 21.3 Å². The number of benzene rings is 2. The lowest BCUT2D eigenvalue weighted by Crippen LogP contribution is -2.19.